The summed E-state index contributed by atoms with van der Waals surface area (Å²) in [7, 11) is -0.322. The SMILES string of the molecule is CCCOC(F)(F)/C(F)=C(\F)C(F)(F)N(C)C(F)(F)F. The molecule has 0 saturated carbocycles. The van der Waals surface area contributed by atoms with Gasteiger partial charge in [-0.25, -0.2) is 4.39 Å². The van der Waals surface area contributed by atoms with Crippen LogP contribution in [0.4, 0.5) is 39.5 Å². The van der Waals surface area contributed by atoms with Gasteiger partial charge in [-0.1, -0.05) is 6.92 Å². The summed E-state index contributed by atoms with van der Waals surface area (Å²) in [6, 6.07) is -5.64. The van der Waals surface area contributed by atoms with E-state index >= 15 is 0 Å². The van der Waals surface area contributed by atoms with Gasteiger partial charge in [-0.15, -0.1) is 4.90 Å². The molecule has 0 heterocycles. The summed E-state index contributed by atoms with van der Waals surface area (Å²) in [5.74, 6) is -6.98. The van der Waals surface area contributed by atoms with Crippen LogP contribution in [0.5, 0.6) is 0 Å². The van der Waals surface area contributed by atoms with E-state index in [2.05, 4.69) is 4.74 Å². The monoisotopic (exact) mass is 319 g/mol. The fourth-order valence-corrected chi connectivity index (χ4v) is 0.860. The second kappa shape index (κ2) is 6.20. The number of halogens is 9. The first-order chi connectivity index (χ1) is 8.78. The van der Waals surface area contributed by atoms with Crippen LogP contribution in [-0.4, -0.2) is 37.0 Å². The van der Waals surface area contributed by atoms with E-state index in [0.29, 0.717) is 0 Å². The van der Waals surface area contributed by atoms with Gasteiger partial charge in [0.25, 0.3) is 0 Å². The van der Waals surface area contributed by atoms with E-state index in [9.17, 15) is 39.5 Å². The molecule has 0 atom stereocenters. The van der Waals surface area contributed by atoms with Crippen molar-refractivity contribution in [1.29, 1.82) is 0 Å². The average Bonchev–Trinajstić information content (AvgIpc) is 2.32. The molecule has 0 amide bonds. The van der Waals surface area contributed by atoms with Crippen LogP contribution in [0.25, 0.3) is 0 Å². The molecule has 0 aromatic heterocycles. The van der Waals surface area contributed by atoms with Crippen molar-refractivity contribution < 1.29 is 44.3 Å². The number of alkyl halides is 7. The molecular formula is C9H10F9NO. The highest BCUT2D eigenvalue weighted by Crippen LogP contribution is 2.41. The van der Waals surface area contributed by atoms with Crippen molar-refractivity contribution in [3.8, 4) is 0 Å². The number of nitrogens with zero attached hydrogens (tertiary/aromatic N) is 1. The third-order valence-electron chi connectivity index (χ3n) is 2.00. The Labute approximate surface area is 107 Å². The Bertz CT molecular complexity index is 363. The van der Waals surface area contributed by atoms with Crippen molar-refractivity contribution in [3.63, 3.8) is 0 Å². The fourth-order valence-electron chi connectivity index (χ4n) is 0.860. The van der Waals surface area contributed by atoms with Crippen LogP contribution in [0, 0.1) is 0 Å². The standard InChI is InChI=1S/C9H10F9NO/c1-3-4-20-8(14,15)6(11)5(10)7(12,13)19(2)9(16,17)18/h3-4H2,1-2H3/b6-5+. The van der Waals surface area contributed by atoms with Gasteiger partial charge in [-0.3, -0.25) is 0 Å². The summed E-state index contributed by atoms with van der Waals surface area (Å²) in [5, 5.41) is 0. The lowest BCUT2D eigenvalue weighted by Gasteiger charge is -2.28. The summed E-state index contributed by atoms with van der Waals surface area (Å²) in [4.78, 5) is -1.84. The van der Waals surface area contributed by atoms with E-state index in [0.717, 1.165) is 0 Å². The first-order valence-corrected chi connectivity index (χ1v) is 5.05. The maximum atomic E-state index is 13.0. The minimum Gasteiger partial charge on any atom is -0.315 e. The number of hydrogen-bond acceptors (Lipinski definition) is 2. The van der Waals surface area contributed by atoms with E-state index in [1.807, 2.05) is 0 Å². The largest absolute Gasteiger partial charge is 0.464 e. The number of ether oxygens (including phenoxy) is 1. The fraction of sp³-hybridized carbons (Fsp3) is 0.778. The lowest BCUT2D eigenvalue weighted by atomic mass is 10.3. The van der Waals surface area contributed by atoms with Gasteiger partial charge in [0.1, 0.15) is 0 Å². The molecule has 0 saturated heterocycles. The Balaban J connectivity index is 5.47. The molecule has 0 bridgehead atoms. The number of hydrogen-bond donors (Lipinski definition) is 0. The maximum absolute atomic E-state index is 13.0. The molecule has 0 aliphatic heterocycles. The third-order valence-corrected chi connectivity index (χ3v) is 2.00. The minimum absolute atomic E-state index is 0.0800. The Morgan fingerprint density at radius 1 is 0.950 bits per heavy atom. The normalized spacial score (nSPS) is 15.6. The van der Waals surface area contributed by atoms with Crippen molar-refractivity contribution in [3.05, 3.63) is 11.7 Å². The summed E-state index contributed by atoms with van der Waals surface area (Å²) in [6.07, 6.45) is -10.9. The summed E-state index contributed by atoms with van der Waals surface area (Å²) in [5.41, 5.74) is 0. The van der Waals surface area contributed by atoms with Crippen LogP contribution in [0.1, 0.15) is 13.3 Å². The third kappa shape index (κ3) is 4.27. The van der Waals surface area contributed by atoms with Gasteiger partial charge >= 0.3 is 18.5 Å². The van der Waals surface area contributed by atoms with Crippen LogP contribution < -0.4 is 0 Å². The summed E-state index contributed by atoms with van der Waals surface area (Å²) < 4.78 is 117. The van der Waals surface area contributed by atoms with Crippen molar-refractivity contribution in [2.45, 2.75) is 31.8 Å². The Morgan fingerprint density at radius 3 is 1.75 bits per heavy atom. The second-order valence-electron chi connectivity index (χ2n) is 3.56. The minimum atomic E-state index is -5.76. The van der Waals surface area contributed by atoms with Gasteiger partial charge in [-0.2, -0.15) is 35.1 Å². The predicted molar refractivity (Wildman–Crippen MR) is 49.2 cm³/mol. The molecule has 120 valence electrons. The molecule has 0 radical (unpaired) electrons. The number of likely N-dealkylation sites (N-methyl/N-ethyl adjacent to an activating group) is 1. The van der Waals surface area contributed by atoms with Gasteiger partial charge < -0.3 is 4.74 Å². The zero-order chi connectivity index (χ0) is 16.4. The smallest absolute Gasteiger partial charge is 0.315 e. The molecular weight excluding hydrogens is 309 g/mol. The van der Waals surface area contributed by atoms with Gasteiger partial charge in [0.05, 0.1) is 6.61 Å². The molecule has 11 heteroatoms. The molecule has 0 unspecified atom stereocenters. The van der Waals surface area contributed by atoms with Crippen LogP contribution in [0.3, 0.4) is 0 Å². The lowest BCUT2D eigenvalue weighted by Crippen LogP contribution is -2.49. The first-order valence-electron chi connectivity index (χ1n) is 5.05. The van der Waals surface area contributed by atoms with Gasteiger partial charge in [0.15, 0.2) is 0 Å². The van der Waals surface area contributed by atoms with E-state index in [1.165, 1.54) is 6.92 Å². The quantitative estimate of drug-likeness (QED) is 0.537. The first kappa shape index (κ1) is 19.0. The predicted octanol–water partition coefficient (Wildman–Crippen LogP) is 4.20. The summed E-state index contributed by atoms with van der Waals surface area (Å²) in [6.45, 7) is 0.495. The Hall–Kier alpha value is -0.970. The van der Waals surface area contributed by atoms with Crippen LogP contribution in [-0.2, 0) is 4.74 Å². The molecule has 0 N–H and O–H groups in total. The van der Waals surface area contributed by atoms with Crippen molar-refractivity contribution >= 4 is 0 Å². The average molecular weight is 319 g/mol. The number of rotatable bonds is 6. The van der Waals surface area contributed by atoms with Crippen LogP contribution in [0.15, 0.2) is 11.7 Å². The topological polar surface area (TPSA) is 12.5 Å². The molecule has 0 aliphatic rings. The Morgan fingerprint density at radius 2 is 1.40 bits per heavy atom. The highest BCUT2D eigenvalue weighted by Gasteiger charge is 2.57. The lowest BCUT2D eigenvalue weighted by molar-refractivity contribution is -0.316. The van der Waals surface area contributed by atoms with Crippen molar-refractivity contribution in [1.82, 2.24) is 4.90 Å². The summed E-state index contributed by atoms with van der Waals surface area (Å²) >= 11 is 0. The highest BCUT2D eigenvalue weighted by molar-refractivity contribution is 5.13. The second-order valence-corrected chi connectivity index (χ2v) is 3.56. The van der Waals surface area contributed by atoms with Crippen LogP contribution >= 0.6 is 0 Å². The molecule has 0 fully saturated rings. The van der Waals surface area contributed by atoms with E-state index in [1.54, 1.807) is 0 Å². The van der Waals surface area contributed by atoms with E-state index in [-0.39, 0.29) is 13.5 Å². The zero-order valence-electron chi connectivity index (χ0n) is 10.2. The molecule has 0 rings (SSSR count). The van der Waals surface area contributed by atoms with Gasteiger partial charge in [0, 0.05) is 7.05 Å². The highest BCUT2D eigenvalue weighted by atomic mass is 19.4. The Kier molecular flexibility index (Phi) is 5.90. The molecule has 0 aliphatic carbocycles. The molecule has 20 heavy (non-hydrogen) atoms. The van der Waals surface area contributed by atoms with E-state index in [4.69, 9.17) is 0 Å². The van der Waals surface area contributed by atoms with Crippen molar-refractivity contribution in [2.75, 3.05) is 13.7 Å². The molecule has 0 aromatic rings. The van der Waals surface area contributed by atoms with Crippen molar-refractivity contribution in [2.24, 2.45) is 0 Å². The molecule has 0 aromatic carbocycles. The molecule has 0 spiro atoms. The van der Waals surface area contributed by atoms with E-state index < -0.39 is 41.6 Å². The molecule has 2 nitrogen and oxygen atoms in total. The van der Waals surface area contributed by atoms with Gasteiger partial charge in [-0.05, 0) is 6.42 Å². The maximum Gasteiger partial charge on any atom is 0.464 e. The van der Waals surface area contributed by atoms with Crippen LogP contribution in [0.2, 0.25) is 0 Å². The zero-order valence-corrected chi connectivity index (χ0v) is 10.2. The van der Waals surface area contributed by atoms with Gasteiger partial charge in [0.2, 0.25) is 11.7 Å².